The van der Waals surface area contributed by atoms with E-state index in [-0.39, 0.29) is 11.2 Å². The Hall–Kier alpha value is -9.60. The lowest BCUT2D eigenvalue weighted by molar-refractivity contribution is 0.439. The first-order chi connectivity index (χ1) is 70.7. The highest BCUT2D eigenvalue weighted by molar-refractivity contribution is 7.17. The Kier molecular flexibility index (Phi) is 48.0. The molecule has 3 fully saturated rings. The van der Waals surface area contributed by atoms with Crippen molar-refractivity contribution in [3.8, 4) is 64.3 Å². The summed E-state index contributed by atoms with van der Waals surface area (Å²) in [4.78, 5) is 48.8. The number of aromatic nitrogens is 12. The molecule has 0 unspecified atom stereocenters. The molecule has 16 aromatic rings. The summed E-state index contributed by atoms with van der Waals surface area (Å²) in [6.45, 7) is 72.2. The molecule has 0 atom stereocenters. The summed E-state index contributed by atoms with van der Waals surface area (Å²) in [5, 5.41) is 23.7. The van der Waals surface area contributed by atoms with Crippen LogP contribution in [-0.2, 0) is 19.5 Å². The third-order valence-corrected chi connectivity index (χ3v) is 36.9. The number of hydrogen-bond donors (Lipinski definition) is 0. The van der Waals surface area contributed by atoms with Crippen LogP contribution in [0.25, 0.3) is 64.3 Å². The van der Waals surface area contributed by atoms with Crippen LogP contribution >= 0.6 is 102 Å². The molecule has 0 bridgehead atoms. The molecule has 3 aliphatic heterocycles. The van der Waals surface area contributed by atoms with Crippen LogP contribution in [0.15, 0.2) is 195 Å². The van der Waals surface area contributed by atoms with Crippen LogP contribution in [0, 0.1) is 53.3 Å². The van der Waals surface area contributed by atoms with Crippen molar-refractivity contribution in [1.29, 1.82) is 0 Å². The summed E-state index contributed by atoms with van der Waals surface area (Å²) in [5.74, 6) is 5.90. The van der Waals surface area contributed by atoms with E-state index < -0.39 is 0 Å². The zero-order valence-corrected chi connectivity index (χ0v) is 102. The predicted molar refractivity (Wildman–Crippen MR) is 652 cm³/mol. The van der Waals surface area contributed by atoms with Crippen molar-refractivity contribution >= 4 is 117 Å². The lowest BCUT2D eigenvalue weighted by Crippen LogP contribution is -2.32. The third kappa shape index (κ3) is 38.0. The van der Waals surface area contributed by atoms with E-state index in [1.165, 1.54) is 212 Å². The Morgan fingerprint density at radius 3 is 1.03 bits per heavy atom. The molecule has 13 heterocycles. The van der Waals surface area contributed by atoms with Crippen LogP contribution in [0.5, 0.6) is 0 Å². The zero-order chi connectivity index (χ0) is 109. The lowest BCUT2D eigenvalue weighted by atomic mass is 9.96. The van der Waals surface area contributed by atoms with Crippen molar-refractivity contribution in [3.63, 3.8) is 0 Å². The second-order valence-electron chi connectivity index (χ2n) is 43.6. The van der Waals surface area contributed by atoms with E-state index in [9.17, 15) is 4.39 Å². The Morgan fingerprint density at radius 2 is 0.664 bits per heavy atom. The second-order valence-corrected chi connectivity index (χ2v) is 52.4. The standard InChI is InChI=1S/2C14H18N2.C13H14ClNS.C13H14FNS.2C13H15NS.C12H20N2S.2C11H18N2S.C10H17NS/c1-10(2)14-9-13(15-16(14)4)12-7-5-11(3)6-8-12;1-10(2)13-9-14(16(4)15-13)12-7-5-11(3)6-8-12;2*1-8(2)13-15-7-12(16-13)10-5-4-9(3)6-11(10)14;1-9(2)13-14-8-12(15-13)11-6-4-10(3)5-7-11;1-9(2)13-14-8-12(15-13)11-6-4-5-10(3)7-11;1-9(2)12-13-8-11(15-12)14-6-4-10(3)5-7-14;2*1-9(2)11-12-8-10(14-11)13-6-4-3-5-7-13;1-7(2)9-11-6-8(12-9)10(3,4)5/h2*5-10H,1-4H3;2*4-8H,1-3H3;2*4-9H,1-3H3;8-10H,4-7H2,1-3H3;2*8-9H,3-7H2,1-2H3;6-7H,1-5H3. The maximum absolute atomic E-state index is 13.7. The van der Waals surface area contributed by atoms with E-state index in [2.05, 4.69) is 386 Å². The molecule has 800 valence electrons. The van der Waals surface area contributed by atoms with Crippen LogP contribution in [-0.4, -0.2) is 98.7 Å². The number of aryl methyl sites for hydroxylation is 8. The van der Waals surface area contributed by atoms with Crippen LogP contribution in [0.4, 0.5) is 19.4 Å². The fraction of sp³-hybridized carbons (Fsp3) is 0.468. The smallest absolute Gasteiger partial charge is 0.132 e. The largest absolute Gasteiger partial charge is 0.362 e. The van der Waals surface area contributed by atoms with Gasteiger partial charge in [-0.15, -0.1) is 90.7 Å². The normalized spacial score (nSPS) is 13.2. The minimum atomic E-state index is -0.168. The molecular weight excluding hydrogens is 2010 g/mol. The van der Waals surface area contributed by atoms with Crippen molar-refractivity contribution in [2.24, 2.45) is 20.0 Å². The molecule has 0 aliphatic carbocycles. The van der Waals surface area contributed by atoms with Gasteiger partial charge in [0.2, 0.25) is 0 Å². The molecule has 15 nitrogen and oxygen atoms in total. The molecule has 149 heavy (non-hydrogen) atoms. The van der Waals surface area contributed by atoms with Gasteiger partial charge in [0.25, 0.3) is 0 Å². The quantitative estimate of drug-likeness (QED) is 0.0757. The molecular formula is C124H167ClFN15S8. The Morgan fingerprint density at radius 1 is 0.315 bits per heavy atom. The number of benzene rings is 6. The van der Waals surface area contributed by atoms with E-state index in [0.717, 1.165) is 53.2 Å². The van der Waals surface area contributed by atoms with Gasteiger partial charge in [-0.1, -0.05) is 321 Å². The average molecular weight is 2180 g/mol. The third-order valence-electron chi connectivity index (χ3n) is 25.4. The Bertz CT molecular complexity index is 6460. The van der Waals surface area contributed by atoms with Crippen molar-refractivity contribution in [1.82, 2.24) is 59.4 Å². The van der Waals surface area contributed by atoms with E-state index in [1.807, 2.05) is 138 Å². The van der Waals surface area contributed by atoms with Crippen LogP contribution in [0.3, 0.4) is 0 Å². The lowest BCUT2D eigenvalue weighted by Gasteiger charge is -2.30. The number of anilines is 3. The molecule has 25 heteroatoms. The molecule has 0 radical (unpaired) electrons. The maximum Gasteiger partial charge on any atom is 0.132 e. The predicted octanol–water partition coefficient (Wildman–Crippen LogP) is 38.4. The average Bonchev–Trinajstić information content (AvgIpc) is 1.70. The monoisotopic (exact) mass is 2180 g/mol. The summed E-state index contributed by atoms with van der Waals surface area (Å²) in [7, 11) is 4.01. The van der Waals surface area contributed by atoms with Crippen molar-refractivity contribution in [2.45, 2.75) is 324 Å². The number of hydrogen-bond acceptors (Lipinski definition) is 21. The van der Waals surface area contributed by atoms with E-state index in [1.54, 1.807) is 57.6 Å². The first-order valence-corrected chi connectivity index (χ1v) is 60.5. The van der Waals surface area contributed by atoms with Gasteiger partial charge in [-0.3, -0.25) is 9.36 Å². The van der Waals surface area contributed by atoms with Gasteiger partial charge in [-0.05, 0) is 168 Å². The first kappa shape index (κ1) is 121. The van der Waals surface area contributed by atoms with Crippen molar-refractivity contribution < 1.29 is 4.39 Å². The summed E-state index contributed by atoms with van der Waals surface area (Å²) >= 11 is 20.5. The number of halogens is 2. The molecule has 10 aromatic heterocycles. The van der Waals surface area contributed by atoms with Gasteiger partial charge in [0, 0.05) is 164 Å². The van der Waals surface area contributed by atoms with Gasteiger partial charge in [-0.2, -0.15) is 10.2 Å². The summed E-state index contributed by atoms with van der Waals surface area (Å²) in [6, 6.07) is 50.0. The molecule has 0 spiro atoms. The number of piperidine rings is 3. The van der Waals surface area contributed by atoms with E-state index in [0.29, 0.717) is 64.7 Å². The minimum absolute atomic E-state index is 0.168. The van der Waals surface area contributed by atoms with E-state index in [4.69, 9.17) is 11.6 Å². The highest BCUT2D eigenvalue weighted by Crippen LogP contribution is 2.41. The fourth-order valence-corrected chi connectivity index (χ4v) is 24.0. The highest BCUT2D eigenvalue weighted by Gasteiger charge is 2.24. The molecule has 6 aromatic carbocycles. The topological polar surface area (TPSA) is 148 Å². The van der Waals surface area contributed by atoms with Gasteiger partial charge >= 0.3 is 0 Å². The van der Waals surface area contributed by atoms with Gasteiger partial charge in [0.15, 0.2) is 0 Å². The Balaban J connectivity index is 0.000000169. The van der Waals surface area contributed by atoms with Gasteiger partial charge < -0.3 is 14.7 Å². The number of thiazole rings is 8. The molecule has 0 N–H and O–H groups in total. The van der Waals surface area contributed by atoms with Crippen LogP contribution in [0.2, 0.25) is 5.02 Å². The van der Waals surface area contributed by atoms with Gasteiger partial charge in [0.05, 0.1) is 95.2 Å². The molecule has 3 saturated heterocycles. The molecule has 19 rings (SSSR count). The first-order valence-electron chi connectivity index (χ1n) is 53.6. The summed E-state index contributed by atoms with van der Waals surface area (Å²) in [6.07, 6.45) is 26.6. The van der Waals surface area contributed by atoms with Crippen LogP contribution < -0.4 is 14.7 Å². The molecule has 0 amide bonds. The minimum Gasteiger partial charge on any atom is -0.362 e. The molecule has 0 saturated carbocycles. The fourth-order valence-electron chi connectivity index (χ4n) is 16.0. The Labute approximate surface area is 930 Å². The second kappa shape index (κ2) is 59.0. The number of rotatable bonds is 19. The SMILES string of the molecule is CC(C)c1ncc(C(C)(C)C)s1.CC(C)c1ncc(N2CCCCC2)s1.CC(C)c1ncc(N2CCCCC2)s1.CC1CCN(c2cnc(C(C)C)s2)CC1.Cc1ccc(-c2cc(C(C)C)n(C)n2)cc1.Cc1ccc(-c2cc(C(C)C)nn2C)cc1.Cc1ccc(-c2cnc(C(C)C)s2)c(Cl)c1.Cc1ccc(-c2cnc(C(C)C)s2)c(F)c1.Cc1ccc(-c2cnc(C(C)C)s2)cc1.Cc1cccc(-c2cnc(C(C)C)s2)c1. The summed E-state index contributed by atoms with van der Waals surface area (Å²) in [5.41, 5.74) is 18.9. The highest BCUT2D eigenvalue weighted by atomic mass is 35.5. The molecule has 3 aliphatic rings. The van der Waals surface area contributed by atoms with Crippen molar-refractivity contribution in [3.05, 3.63) is 296 Å². The van der Waals surface area contributed by atoms with E-state index >= 15 is 0 Å². The van der Waals surface area contributed by atoms with Gasteiger partial charge in [-0.25, -0.2) is 44.3 Å². The zero-order valence-electron chi connectivity index (χ0n) is 95.0. The number of nitrogens with zero attached hydrogens (tertiary/aromatic N) is 15. The van der Waals surface area contributed by atoms with Crippen molar-refractivity contribution in [2.75, 3.05) is 54.0 Å². The maximum atomic E-state index is 13.7. The summed E-state index contributed by atoms with van der Waals surface area (Å²) < 4.78 is 17.7. The van der Waals surface area contributed by atoms with Crippen LogP contribution in [0.1, 0.15) is 366 Å². The van der Waals surface area contributed by atoms with Gasteiger partial charge in [0.1, 0.15) is 20.8 Å².